The summed E-state index contributed by atoms with van der Waals surface area (Å²) in [5.41, 5.74) is 0.950. The van der Waals surface area contributed by atoms with Crippen LogP contribution in [0.5, 0.6) is 11.5 Å². The number of methoxy groups -OCH3 is 2. The van der Waals surface area contributed by atoms with Gasteiger partial charge in [-0.25, -0.2) is 4.79 Å². The fourth-order valence-electron chi connectivity index (χ4n) is 2.51. The highest BCUT2D eigenvalue weighted by Crippen LogP contribution is 2.35. The van der Waals surface area contributed by atoms with E-state index in [-0.39, 0.29) is 5.70 Å². The molecule has 1 fully saturated rings. The SMILES string of the molecule is C=CCOc1ccc([C@@H]2NC(=O)NC(=C)[C@H]2C(=O)OC)cc1OC. The van der Waals surface area contributed by atoms with Crippen LogP contribution in [-0.2, 0) is 9.53 Å². The predicted octanol–water partition coefficient (Wildman–Crippen LogP) is 1.92. The Bertz CT molecular complexity index is 671. The van der Waals surface area contributed by atoms with Crippen LogP contribution in [0.1, 0.15) is 11.6 Å². The average molecular weight is 332 g/mol. The van der Waals surface area contributed by atoms with E-state index in [0.717, 1.165) is 0 Å². The summed E-state index contributed by atoms with van der Waals surface area (Å²) in [6.07, 6.45) is 1.62. The van der Waals surface area contributed by atoms with Gasteiger partial charge in [-0.15, -0.1) is 0 Å². The molecule has 1 aliphatic rings. The maximum atomic E-state index is 12.1. The first-order valence-corrected chi connectivity index (χ1v) is 7.27. The fraction of sp³-hybridized carbons (Fsp3) is 0.294. The Hall–Kier alpha value is -2.96. The van der Waals surface area contributed by atoms with Crippen molar-refractivity contribution in [1.29, 1.82) is 0 Å². The van der Waals surface area contributed by atoms with Gasteiger partial charge in [0.05, 0.1) is 20.3 Å². The van der Waals surface area contributed by atoms with Crippen molar-refractivity contribution < 1.29 is 23.8 Å². The van der Waals surface area contributed by atoms with Gasteiger partial charge in [0.15, 0.2) is 11.5 Å². The molecule has 0 radical (unpaired) electrons. The summed E-state index contributed by atoms with van der Waals surface area (Å²) in [6.45, 7) is 7.68. The molecule has 2 rings (SSSR count). The minimum atomic E-state index is -0.752. The first-order chi connectivity index (χ1) is 11.5. The molecule has 2 amide bonds. The van der Waals surface area contributed by atoms with Crippen molar-refractivity contribution in [3.63, 3.8) is 0 Å². The lowest BCUT2D eigenvalue weighted by Gasteiger charge is -2.33. The first kappa shape index (κ1) is 17.4. The second kappa shape index (κ2) is 7.54. The monoisotopic (exact) mass is 332 g/mol. The van der Waals surface area contributed by atoms with Crippen molar-refractivity contribution in [1.82, 2.24) is 10.6 Å². The maximum Gasteiger partial charge on any atom is 0.319 e. The lowest BCUT2D eigenvalue weighted by molar-refractivity contribution is -0.145. The molecule has 7 nitrogen and oxygen atoms in total. The van der Waals surface area contributed by atoms with E-state index in [0.29, 0.717) is 23.7 Å². The van der Waals surface area contributed by atoms with Crippen LogP contribution in [0.15, 0.2) is 43.1 Å². The lowest BCUT2D eigenvalue weighted by atomic mass is 9.89. The lowest BCUT2D eigenvalue weighted by Crippen LogP contribution is -2.51. The van der Waals surface area contributed by atoms with Crippen LogP contribution in [0.4, 0.5) is 4.79 Å². The smallest absolute Gasteiger partial charge is 0.319 e. The summed E-state index contributed by atoms with van der Waals surface area (Å²) >= 11 is 0. The highest BCUT2D eigenvalue weighted by Gasteiger charge is 2.38. The number of ether oxygens (including phenoxy) is 3. The fourth-order valence-corrected chi connectivity index (χ4v) is 2.51. The largest absolute Gasteiger partial charge is 0.493 e. The van der Waals surface area contributed by atoms with Gasteiger partial charge in [0, 0.05) is 5.70 Å². The molecule has 1 aliphatic heterocycles. The molecular weight excluding hydrogens is 312 g/mol. The number of carbonyl (C=O) groups excluding carboxylic acids is 2. The zero-order valence-corrected chi connectivity index (χ0v) is 13.6. The van der Waals surface area contributed by atoms with Gasteiger partial charge in [-0.2, -0.15) is 0 Å². The molecule has 0 spiro atoms. The molecule has 0 unspecified atom stereocenters. The number of carbonyl (C=O) groups is 2. The minimum absolute atomic E-state index is 0.279. The van der Waals surface area contributed by atoms with Gasteiger partial charge in [0.25, 0.3) is 0 Å². The van der Waals surface area contributed by atoms with Gasteiger partial charge < -0.3 is 24.8 Å². The highest BCUT2D eigenvalue weighted by atomic mass is 16.5. The number of esters is 1. The van der Waals surface area contributed by atoms with E-state index in [2.05, 4.69) is 23.8 Å². The van der Waals surface area contributed by atoms with E-state index in [1.165, 1.54) is 14.2 Å². The van der Waals surface area contributed by atoms with Gasteiger partial charge in [-0.3, -0.25) is 4.79 Å². The van der Waals surface area contributed by atoms with E-state index in [4.69, 9.17) is 14.2 Å². The van der Waals surface area contributed by atoms with Crippen LogP contribution in [0.2, 0.25) is 0 Å². The highest BCUT2D eigenvalue weighted by molar-refractivity contribution is 5.85. The first-order valence-electron chi connectivity index (χ1n) is 7.27. The predicted molar refractivity (Wildman–Crippen MR) is 87.7 cm³/mol. The van der Waals surface area contributed by atoms with E-state index in [9.17, 15) is 9.59 Å². The molecule has 0 aliphatic carbocycles. The number of amides is 2. The van der Waals surface area contributed by atoms with E-state index < -0.39 is 24.0 Å². The van der Waals surface area contributed by atoms with Crippen molar-refractivity contribution in [2.24, 2.45) is 5.92 Å². The summed E-state index contributed by atoms with van der Waals surface area (Å²) in [5.74, 6) is -0.230. The molecule has 2 atom stereocenters. The zero-order chi connectivity index (χ0) is 17.7. The number of benzene rings is 1. The molecule has 0 saturated carbocycles. The molecule has 7 heteroatoms. The van der Waals surface area contributed by atoms with Crippen LogP contribution in [0.3, 0.4) is 0 Å². The number of hydrogen-bond donors (Lipinski definition) is 2. The number of urea groups is 1. The maximum absolute atomic E-state index is 12.1. The van der Waals surface area contributed by atoms with Crippen molar-refractivity contribution in [2.75, 3.05) is 20.8 Å². The Kier molecular flexibility index (Phi) is 5.47. The molecule has 1 aromatic carbocycles. The van der Waals surface area contributed by atoms with Gasteiger partial charge >= 0.3 is 12.0 Å². The van der Waals surface area contributed by atoms with Gasteiger partial charge in [0.2, 0.25) is 0 Å². The van der Waals surface area contributed by atoms with Crippen molar-refractivity contribution in [2.45, 2.75) is 6.04 Å². The second-order valence-electron chi connectivity index (χ2n) is 5.11. The molecule has 2 N–H and O–H groups in total. The standard InChI is InChI=1S/C17H20N2O5/c1-5-8-24-12-7-6-11(9-13(12)22-3)15-14(16(20)23-4)10(2)18-17(21)19-15/h5-7,9,14-15H,1-2,8H2,3-4H3,(H2,18,19,21)/t14-,15+/m1/s1. The van der Waals surface area contributed by atoms with Crippen LogP contribution in [0.25, 0.3) is 0 Å². The van der Waals surface area contributed by atoms with Crippen molar-refractivity contribution in [3.8, 4) is 11.5 Å². The summed E-state index contributed by atoms with van der Waals surface area (Å²) in [5, 5.41) is 5.22. The van der Waals surface area contributed by atoms with Crippen LogP contribution >= 0.6 is 0 Å². The molecular formula is C17H20N2O5. The Morgan fingerprint density at radius 2 is 2.08 bits per heavy atom. The molecule has 0 aromatic heterocycles. The van der Waals surface area contributed by atoms with Crippen LogP contribution in [-0.4, -0.2) is 32.8 Å². The van der Waals surface area contributed by atoms with E-state index >= 15 is 0 Å². The van der Waals surface area contributed by atoms with Crippen molar-refractivity contribution in [3.05, 3.63) is 48.7 Å². The minimum Gasteiger partial charge on any atom is -0.493 e. The van der Waals surface area contributed by atoms with Crippen molar-refractivity contribution >= 4 is 12.0 Å². The van der Waals surface area contributed by atoms with E-state index in [1.54, 1.807) is 24.3 Å². The zero-order valence-electron chi connectivity index (χ0n) is 13.6. The molecule has 24 heavy (non-hydrogen) atoms. The Morgan fingerprint density at radius 3 is 2.71 bits per heavy atom. The topological polar surface area (TPSA) is 85.9 Å². The third kappa shape index (κ3) is 3.51. The summed E-state index contributed by atoms with van der Waals surface area (Å²) in [6, 6.07) is 4.11. The molecule has 0 bridgehead atoms. The summed E-state index contributed by atoms with van der Waals surface area (Å²) in [7, 11) is 2.80. The number of rotatable bonds is 6. The second-order valence-corrected chi connectivity index (χ2v) is 5.11. The summed E-state index contributed by atoms with van der Waals surface area (Å²) in [4.78, 5) is 23.9. The summed E-state index contributed by atoms with van der Waals surface area (Å²) < 4.78 is 15.7. The third-order valence-electron chi connectivity index (χ3n) is 3.63. The Morgan fingerprint density at radius 1 is 1.33 bits per heavy atom. The average Bonchev–Trinajstić information content (AvgIpc) is 2.58. The van der Waals surface area contributed by atoms with Gasteiger partial charge in [0.1, 0.15) is 12.5 Å². The van der Waals surface area contributed by atoms with E-state index in [1.807, 2.05) is 0 Å². The molecule has 1 saturated heterocycles. The molecule has 1 aromatic rings. The quantitative estimate of drug-likeness (QED) is 0.614. The molecule has 1 heterocycles. The Balaban J connectivity index is 2.39. The van der Waals surface area contributed by atoms with Crippen LogP contribution in [0, 0.1) is 5.92 Å². The van der Waals surface area contributed by atoms with Gasteiger partial charge in [-0.1, -0.05) is 25.3 Å². The van der Waals surface area contributed by atoms with Gasteiger partial charge in [-0.05, 0) is 17.7 Å². The third-order valence-corrected chi connectivity index (χ3v) is 3.63. The molecule has 128 valence electrons. The normalized spacial score (nSPS) is 19.8. The Labute approximate surface area is 140 Å². The number of nitrogens with one attached hydrogen (secondary N) is 2. The van der Waals surface area contributed by atoms with Crippen LogP contribution < -0.4 is 20.1 Å². The number of hydrogen-bond acceptors (Lipinski definition) is 5.